The lowest BCUT2D eigenvalue weighted by molar-refractivity contribution is 0.675. The Morgan fingerprint density at radius 3 is 2.83 bits per heavy atom. The van der Waals surface area contributed by atoms with Crippen molar-refractivity contribution in [3.05, 3.63) is 77.9 Å². The van der Waals surface area contributed by atoms with Crippen LogP contribution in [0.3, 0.4) is 0 Å². The predicted molar refractivity (Wildman–Crippen MR) is 150 cm³/mol. The number of unbranched alkanes of at least 4 members (excludes halogenated alkanes) is 1. The summed E-state index contributed by atoms with van der Waals surface area (Å²) in [6, 6.07) is 10.1. The van der Waals surface area contributed by atoms with E-state index in [1.54, 1.807) is 23.6 Å². The highest BCUT2D eigenvalue weighted by Gasteiger charge is 2.23. The Hall–Kier alpha value is -3.02. The Balaban J connectivity index is 1.60. The molecule has 3 aromatic heterocycles. The molecule has 5 rings (SSSR count). The minimum Gasteiger partial charge on any atom is -0.308 e. The third-order valence-corrected chi connectivity index (χ3v) is 8.65. The normalized spacial score (nSPS) is 13.4. The van der Waals surface area contributed by atoms with Gasteiger partial charge < -0.3 is 4.57 Å². The minimum atomic E-state index is -0.171. The molecule has 0 N–H and O–H groups in total. The zero-order chi connectivity index (χ0) is 25.4. The minimum absolute atomic E-state index is 0.171. The molecule has 3 heterocycles. The summed E-state index contributed by atoms with van der Waals surface area (Å²) in [4.78, 5) is 19.5. The molecule has 0 atom stereocenters. The van der Waals surface area contributed by atoms with E-state index in [-0.39, 0.29) is 5.56 Å². The van der Waals surface area contributed by atoms with Crippen molar-refractivity contribution in [1.29, 1.82) is 5.26 Å². The zero-order valence-corrected chi connectivity index (χ0v) is 23.2. The maximum absolute atomic E-state index is 13.4. The first-order valence-corrected chi connectivity index (χ1v) is 14.0. The van der Waals surface area contributed by atoms with Crippen LogP contribution in [-0.4, -0.2) is 20.4 Å². The summed E-state index contributed by atoms with van der Waals surface area (Å²) in [6.07, 6.45) is 8.73. The van der Waals surface area contributed by atoms with Gasteiger partial charge in [-0.15, -0.1) is 11.3 Å². The Labute approximate surface area is 223 Å². The fourth-order valence-corrected chi connectivity index (χ4v) is 6.80. The lowest BCUT2D eigenvalue weighted by Gasteiger charge is -2.10. The lowest BCUT2D eigenvalue weighted by atomic mass is 9.96. The van der Waals surface area contributed by atoms with Gasteiger partial charge in [0.1, 0.15) is 16.9 Å². The van der Waals surface area contributed by atoms with Crippen LogP contribution in [-0.2, 0) is 19.3 Å². The van der Waals surface area contributed by atoms with Gasteiger partial charge in [-0.3, -0.25) is 4.79 Å². The number of fused-ring (bicyclic) bond motifs is 2. The molecule has 0 spiro atoms. The van der Waals surface area contributed by atoms with Gasteiger partial charge in [-0.05, 0) is 75.8 Å². The first kappa shape index (κ1) is 24.7. The number of rotatable bonds is 6. The average molecular weight is 563 g/mol. The quantitative estimate of drug-likeness (QED) is 0.249. The van der Waals surface area contributed by atoms with Crippen molar-refractivity contribution in [3.8, 4) is 11.1 Å². The van der Waals surface area contributed by atoms with Gasteiger partial charge in [0.05, 0.1) is 22.7 Å². The molecule has 0 bridgehead atoms. The van der Waals surface area contributed by atoms with E-state index in [4.69, 9.17) is 4.98 Å². The van der Waals surface area contributed by atoms with Gasteiger partial charge in [-0.25, -0.2) is 4.98 Å². The number of thiophene rings is 1. The van der Waals surface area contributed by atoms with Gasteiger partial charge in [0, 0.05) is 32.7 Å². The second-order valence-electron chi connectivity index (χ2n) is 9.32. The fourth-order valence-electron chi connectivity index (χ4n) is 4.99. The largest absolute Gasteiger partial charge is 0.308 e. The van der Waals surface area contributed by atoms with Gasteiger partial charge in [-0.1, -0.05) is 29.3 Å². The number of hydrogen-bond donors (Lipinski definition) is 0. The van der Waals surface area contributed by atoms with Gasteiger partial charge in [0.25, 0.3) is 5.56 Å². The zero-order valence-electron chi connectivity index (χ0n) is 20.8. The molecule has 0 fully saturated rings. The molecule has 36 heavy (non-hydrogen) atoms. The van der Waals surface area contributed by atoms with E-state index in [1.165, 1.54) is 21.5 Å². The van der Waals surface area contributed by atoms with E-state index in [0.29, 0.717) is 23.1 Å². The number of halogens is 1. The van der Waals surface area contributed by atoms with Gasteiger partial charge in [0.15, 0.2) is 0 Å². The van der Waals surface area contributed by atoms with Crippen molar-refractivity contribution in [3.63, 3.8) is 0 Å². The summed E-state index contributed by atoms with van der Waals surface area (Å²) in [5.41, 5.74) is 5.52. The van der Waals surface area contributed by atoms with Crippen LogP contribution >= 0.6 is 27.3 Å². The van der Waals surface area contributed by atoms with Crippen molar-refractivity contribution < 1.29 is 0 Å². The Kier molecular flexibility index (Phi) is 6.96. The first-order valence-electron chi connectivity index (χ1n) is 12.4. The monoisotopic (exact) mass is 561 g/mol. The molecule has 0 aliphatic heterocycles. The Morgan fingerprint density at radius 1 is 1.25 bits per heavy atom. The molecule has 0 saturated heterocycles. The first-order chi connectivity index (χ1) is 17.4. The molecule has 1 aliphatic rings. The van der Waals surface area contributed by atoms with Crippen LogP contribution in [0.4, 0.5) is 0 Å². The fraction of sp³-hybridized carbons (Fsp3) is 0.357. The van der Waals surface area contributed by atoms with E-state index < -0.39 is 0 Å². The number of aromatic nitrogens is 3. The summed E-state index contributed by atoms with van der Waals surface area (Å²) in [6.45, 7) is 6.22. The molecule has 8 heteroatoms. The standard InChI is InChI=1S/C28H28BrN5OS/c1-4-5-10-26-32-24-12-11-20(29)14-22(24)27(35)34(26)31-16-19-13-17(2)33(18(19)3)28-23(15-30)21-8-6-7-9-25(21)36-28/h11-14,16H,4-10H2,1-3H3. The summed E-state index contributed by atoms with van der Waals surface area (Å²) in [5.74, 6) is 0.666. The van der Waals surface area contributed by atoms with Crippen molar-refractivity contribution in [2.24, 2.45) is 5.10 Å². The topological polar surface area (TPSA) is 76.0 Å². The molecular weight excluding hydrogens is 534 g/mol. The van der Waals surface area contributed by atoms with E-state index in [0.717, 1.165) is 64.1 Å². The van der Waals surface area contributed by atoms with Crippen LogP contribution in [0.15, 0.2) is 38.6 Å². The van der Waals surface area contributed by atoms with Crippen LogP contribution in [0.1, 0.15) is 71.4 Å². The number of nitriles is 1. The molecule has 4 aromatic rings. The molecule has 1 aromatic carbocycles. The molecule has 1 aliphatic carbocycles. The smallest absolute Gasteiger partial charge is 0.282 e. The summed E-state index contributed by atoms with van der Waals surface area (Å²) in [5, 5.41) is 16.2. The molecule has 0 unspecified atom stereocenters. The highest BCUT2D eigenvalue weighted by molar-refractivity contribution is 9.10. The SMILES string of the molecule is CCCCc1nc2ccc(Br)cc2c(=O)n1N=Cc1cc(C)n(-c2sc3c(c2C#N)CCCC3)c1C. The van der Waals surface area contributed by atoms with Gasteiger partial charge in [0.2, 0.25) is 0 Å². The lowest BCUT2D eigenvalue weighted by Crippen LogP contribution is -2.22. The maximum atomic E-state index is 13.4. The molecular formula is C28H28BrN5OS. The van der Waals surface area contributed by atoms with E-state index in [1.807, 2.05) is 19.1 Å². The van der Waals surface area contributed by atoms with E-state index in [9.17, 15) is 10.1 Å². The highest BCUT2D eigenvalue weighted by atomic mass is 79.9. The number of nitrogens with zero attached hydrogens (tertiary/aromatic N) is 5. The highest BCUT2D eigenvalue weighted by Crippen LogP contribution is 2.38. The third kappa shape index (κ3) is 4.35. The van der Waals surface area contributed by atoms with E-state index in [2.05, 4.69) is 51.6 Å². The van der Waals surface area contributed by atoms with Crippen molar-refractivity contribution in [2.75, 3.05) is 0 Å². The summed E-state index contributed by atoms with van der Waals surface area (Å²) < 4.78 is 4.45. The second-order valence-corrected chi connectivity index (χ2v) is 11.3. The Morgan fingerprint density at radius 2 is 2.06 bits per heavy atom. The molecule has 0 radical (unpaired) electrons. The third-order valence-electron chi connectivity index (χ3n) is 6.88. The van der Waals surface area contributed by atoms with Crippen molar-refractivity contribution >= 4 is 44.4 Å². The predicted octanol–water partition coefficient (Wildman–Crippen LogP) is 6.60. The van der Waals surface area contributed by atoms with Crippen LogP contribution in [0.5, 0.6) is 0 Å². The van der Waals surface area contributed by atoms with E-state index >= 15 is 0 Å². The summed E-state index contributed by atoms with van der Waals surface area (Å²) in [7, 11) is 0. The van der Waals surface area contributed by atoms with Crippen LogP contribution in [0, 0.1) is 25.2 Å². The average Bonchev–Trinajstić information content (AvgIpc) is 3.37. The second kappa shape index (κ2) is 10.2. The van der Waals surface area contributed by atoms with Gasteiger partial charge >= 0.3 is 0 Å². The molecule has 0 saturated carbocycles. The van der Waals surface area contributed by atoms with Crippen LogP contribution < -0.4 is 5.56 Å². The summed E-state index contributed by atoms with van der Waals surface area (Å²) >= 11 is 5.20. The molecule has 184 valence electrons. The number of aryl methyl sites for hydroxylation is 3. The van der Waals surface area contributed by atoms with Crippen LogP contribution in [0.2, 0.25) is 0 Å². The number of hydrogen-bond acceptors (Lipinski definition) is 5. The number of benzene rings is 1. The van der Waals surface area contributed by atoms with Gasteiger partial charge in [-0.2, -0.15) is 15.0 Å². The maximum Gasteiger partial charge on any atom is 0.282 e. The van der Waals surface area contributed by atoms with Crippen LogP contribution in [0.25, 0.3) is 15.9 Å². The van der Waals surface area contributed by atoms with Crippen molar-refractivity contribution in [1.82, 2.24) is 14.2 Å². The Bertz CT molecular complexity index is 1600. The molecule has 6 nitrogen and oxygen atoms in total. The van der Waals surface area contributed by atoms with Crippen molar-refractivity contribution in [2.45, 2.75) is 65.7 Å². The molecule has 0 amide bonds.